The van der Waals surface area contributed by atoms with Crippen molar-refractivity contribution in [2.45, 2.75) is 33.0 Å². The van der Waals surface area contributed by atoms with Crippen LogP contribution in [0.5, 0.6) is 0 Å². The van der Waals surface area contributed by atoms with Crippen LogP contribution in [0.15, 0.2) is 24.3 Å². The summed E-state index contributed by atoms with van der Waals surface area (Å²) >= 11 is 0. The Bertz CT molecular complexity index is 300. The molecule has 74 valence electrons. The van der Waals surface area contributed by atoms with Crippen LogP contribution in [-0.4, -0.2) is 19.3 Å². The van der Waals surface area contributed by atoms with Gasteiger partial charge in [-0.25, -0.2) is 0 Å². The van der Waals surface area contributed by atoms with Crippen LogP contribution in [0.4, 0.5) is 0 Å². The number of aryl methyl sites for hydroxylation is 1. The van der Waals surface area contributed by atoms with Crippen molar-refractivity contribution in [2.75, 3.05) is 0 Å². The van der Waals surface area contributed by atoms with Crippen molar-refractivity contribution >= 4 is 12.6 Å². The Hall–Kier alpha value is -0.795. The van der Waals surface area contributed by atoms with Crippen LogP contribution < -0.4 is 5.46 Å². The molecule has 0 aliphatic carbocycles. The van der Waals surface area contributed by atoms with Crippen molar-refractivity contribution in [2.24, 2.45) is 0 Å². The molecular weight excluding hydrogens is 175 g/mol. The van der Waals surface area contributed by atoms with Crippen molar-refractivity contribution in [1.29, 1.82) is 0 Å². The van der Waals surface area contributed by atoms with Gasteiger partial charge in [0, 0.05) is 0 Å². The number of rotatable bonds is 1. The smallest absolute Gasteiger partial charge is 0.402 e. The zero-order chi connectivity index (χ0) is 10.1. The number of hydrogen-bond donors (Lipinski definition) is 0. The van der Waals surface area contributed by atoms with Gasteiger partial charge in [0.05, 0.1) is 12.2 Å². The molecular formula is C11H15BO2. The summed E-state index contributed by atoms with van der Waals surface area (Å²) in [5, 5.41) is 0. The third kappa shape index (κ3) is 1.84. The van der Waals surface area contributed by atoms with Gasteiger partial charge in [-0.05, 0) is 26.2 Å². The van der Waals surface area contributed by atoms with Crippen molar-refractivity contribution in [3.05, 3.63) is 29.8 Å². The molecule has 1 aliphatic rings. The Morgan fingerprint density at radius 1 is 1.00 bits per heavy atom. The Kier molecular flexibility index (Phi) is 2.61. The molecule has 1 aromatic rings. The summed E-state index contributed by atoms with van der Waals surface area (Å²) in [5.41, 5.74) is 2.36. The zero-order valence-electron chi connectivity index (χ0n) is 8.86. The topological polar surface area (TPSA) is 18.5 Å². The third-order valence-corrected chi connectivity index (χ3v) is 2.69. The van der Waals surface area contributed by atoms with E-state index in [1.165, 1.54) is 5.56 Å². The SMILES string of the molecule is Cc1ccc(B2O[C@@H](C)[C@H](C)O2)cc1. The molecule has 1 aliphatic heterocycles. The monoisotopic (exact) mass is 190 g/mol. The Morgan fingerprint density at radius 2 is 1.50 bits per heavy atom. The van der Waals surface area contributed by atoms with Crippen LogP contribution in [0.1, 0.15) is 19.4 Å². The summed E-state index contributed by atoms with van der Waals surface area (Å²) in [6.45, 7) is 6.16. The van der Waals surface area contributed by atoms with Gasteiger partial charge in [-0.15, -0.1) is 0 Å². The molecule has 2 nitrogen and oxygen atoms in total. The Morgan fingerprint density at radius 3 is 2.00 bits per heavy atom. The van der Waals surface area contributed by atoms with Crippen LogP contribution in [-0.2, 0) is 9.31 Å². The minimum atomic E-state index is -0.180. The summed E-state index contributed by atoms with van der Waals surface area (Å²) in [6.07, 6.45) is 0.364. The normalized spacial score (nSPS) is 26.9. The van der Waals surface area contributed by atoms with E-state index >= 15 is 0 Å². The van der Waals surface area contributed by atoms with Crippen LogP contribution in [0.2, 0.25) is 0 Å². The van der Waals surface area contributed by atoms with E-state index < -0.39 is 0 Å². The molecule has 14 heavy (non-hydrogen) atoms. The lowest BCUT2D eigenvalue weighted by Crippen LogP contribution is -2.32. The Balaban J connectivity index is 2.13. The molecule has 1 saturated heterocycles. The van der Waals surface area contributed by atoms with E-state index in [0.29, 0.717) is 0 Å². The van der Waals surface area contributed by atoms with Gasteiger partial charge < -0.3 is 9.31 Å². The van der Waals surface area contributed by atoms with Gasteiger partial charge in [0.1, 0.15) is 0 Å². The van der Waals surface area contributed by atoms with Crippen LogP contribution >= 0.6 is 0 Å². The molecule has 0 amide bonds. The molecule has 0 N–H and O–H groups in total. The predicted molar refractivity (Wildman–Crippen MR) is 57.7 cm³/mol. The maximum Gasteiger partial charge on any atom is 0.494 e. The fourth-order valence-corrected chi connectivity index (χ4v) is 1.52. The average Bonchev–Trinajstić information content (AvgIpc) is 2.48. The average molecular weight is 190 g/mol. The lowest BCUT2D eigenvalue weighted by molar-refractivity contribution is 0.187. The molecule has 0 bridgehead atoms. The third-order valence-electron chi connectivity index (χ3n) is 2.69. The lowest BCUT2D eigenvalue weighted by atomic mass is 9.79. The van der Waals surface area contributed by atoms with Gasteiger partial charge in [0.25, 0.3) is 0 Å². The first-order valence-electron chi connectivity index (χ1n) is 5.04. The highest BCUT2D eigenvalue weighted by molar-refractivity contribution is 6.61. The van der Waals surface area contributed by atoms with Gasteiger partial charge >= 0.3 is 7.12 Å². The second kappa shape index (κ2) is 3.75. The largest absolute Gasteiger partial charge is 0.494 e. The first-order valence-corrected chi connectivity index (χ1v) is 5.04. The highest BCUT2D eigenvalue weighted by atomic mass is 16.7. The Labute approximate surface area is 85.4 Å². The van der Waals surface area contributed by atoms with Crippen LogP contribution in [0, 0.1) is 6.92 Å². The van der Waals surface area contributed by atoms with E-state index in [2.05, 4.69) is 31.2 Å². The molecule has 0 unspecified atom stereocenters. The van der Waals surface area contributed by atoms with Crippen molar-refractivity contribution in [3.8, 4) is 0 Å². The maximum absolute atomic E-state index is 5.68. The van der Waals surface area contributed by atoms with Gasteiger partial charge in [0.15, 0.2) is 0 Å². The standard InChI is InChI=1S/C11H15BO2/c1-8-4-6-11(7-5-8)12-13-9(2)10(3)14-12/h4-7,9-10H,1-3H3/t9-,10-/m0/s1. The first-order chi connectivity index (χ1) is 6.66. The first kappa shape index (κ1) is 9.75. The van der Waals surface area contributed by atoms with Gasteiger partial charge in [-0.3, -0.25) is 0 Å². The minimum Gasteiger partial charge on any atom is -0.402 e. The van der Waals surface area contributed by atoms with Crippen LogP contribution in [0.25, 0.3) is 0 Å². The fraction of sp³-hybridized carbons (Fsp3) is 0.455. The molecule has 0 radical (unpaired) electrons. The van der Waals surface area contributed by atoms with Gasteiger partial charge in [-0.2, -0.15) is 0 Å². The molecule has 0 aromatic heterocycles. The van der Waals surface area contributed by atoms with Crippen molar-refractivity contribution in [3.63, 3.8) is 0 Å². The quantitative estimate of drug-likeness (QED) is 0.625. The second-order valence-electron chi connectivity index (χ2n) is 3.93. The van der Waals surface area contributed by atoms with Gasteiger partial charge in [0.2, 0.25) is 0 Å². The maximum atomic E-state index is 5.68. The predicted octanol–water partition coefficient (Wildman–Crippen LogP) is 1.51. The van der Waals surface area contributed by atoms with E-state index in [0.717, 1.165) is 5.46 Å². The molecule has 1 fully saturated rings. The fourth-order valence-electron chi connectivity index (χ4n) is 1.52. The van der Waals surface area contributed by atoms with E-state index in [4.69, 9.17) is 9.31 Å². The zero-order valence-corrected chi connectivity index (χ0v) is 8.86. The summed E-state index contributed by atoms with van der Waals surface area (Å²) in [6, 6.07) is 8.28. The van der Waals surface area contributed by atoms with Crippen LogP contribution in [0.3, 0.4) is 0 Å². The number of hydrogen-bond acceptors (Lipinski definition) is 2. The number of benzene rings is 1. The van der Waals surface area contributed by atoms with E-state index in [1.807, 2.05) is 13.8 Å². The van der Waals surface area contributed by atoms with E-state index in [-0.39, 0.29) is 19.3 Å². The molecule has 2 rings (SSSR count). The van der Waals surface area contributed by atoms with Crippen molar-refractivity contribution < 1.29 is 9.31 Å². The van der Waals surface area contributed by atoms with Crippen molar-refractivity contribution in [1.82, 2.24) is 0 Å². The second-order valence-corrected chi connectivity index (χ2v) is 3.93. The summed E-state index contributed by atoms with van der Waals surface area (Å²) in [4.78, 5) is 0. The lowest BCUT2D eigenvalue weighted by Gasteiger charge is -2.04. The summed E-state index contributed by atoms with van der Waals surface area (Å²) in [7, 11) is -0.180. The van der Waals surface area contributed by atoms with E-state index in [1.54, 1.807) is 0 Å². The molecule has 0 spiro atoms. The summed E-state index contributed by atoms with van der Waals surface area (Å²) in [5.74, 6) is 0. The summed E-state index contributed by atoms with van der Waals surface area (Å²) < 4.78 is 11.4. The van der Waals surface area contributed by atoms with E-state index in [9.17, 15) is 0 Å². The molecule has 2 atom stereocenters. The molecule has 1 heterocycles. The molecule has 3 heteroatoms. The van der Waals surface area contributed by atoms with Gasteiger partial charge in [-0.1, -0.05) is 29.8 Å². The minimum absolute atomic E-state index is 0.180. The molecule has 1 aromatic carbocycles. The molecule has 0 saturated carbocycles. The highest BCUT2D eigenvalue weighted by Gasteiger charge is 2.35. The highest BCUT2D eigenvalue weighted by Crippen LogP contribution is 2.15.